The molecule has 0 aliphatic carbocycles. The summed E-state index contributed by atoms with van der Waals surface area (Å²) in [6, 6.07) is 6.78. The van der Waals surface area contributed by atoms with Crippen LogP contribution in [0.1, 0.15) is 18.9 Å². The zero-order chi connectivity index (χ0) is 14.8. The summed E-state index contributed by atoms with van der Waals surface area (Å²) in [4.78, 5) is 11.4. The standard InChI is InChI=1S/C14H16N2O3S/c1-10-9-14(17)16-15-12(10)8-7-11-5-3-4-6-13(11)20(2,18)19/h3-8,10H,9H2,1-2H3,(H,16,17). The maximum atomic E-state index is 11.7. The lowest BCUT2D eigenvalue weighted by Gasteiger charge is -2.16. The number of carbonyl (C=O) groups is 1. The van der Waals surface area contributed by atoms with E-state index in [9.17, 15) is 13.2 Å². The summed E-state index contributed by atoms with van der Waals surface area (Å²) >= 11 is 0. The van der Waals surface area contributed by atoms with E-state index >= 15 is 0 Å². The van der Waals surface area contributed by atoms with Gasteiger partial charge in [-0.2, -0.15) is 5.10 Å². The Balaban J connectivity index is 2.31. The molecule has 1 atom stereocenters. The normalized spacial score (nSPS) is 19.8. The van der Waals surface area contributed by atoms with Gasteiger partial charge in [0, 0.05) is 18.6 Å². The van der Waals surface area contributed by atoms with Crippen LogP contribution in [0.3, 0.4) is 0 Å². The van der Waals surface area contributed by atoms with Crippen molar-refractivity contribution < 1.29 is 13.2 Å². The molecule has 1 N–H and O–H groups in total. The summed E-state index contributed by atoms with van der Waals surface area (Å²) in [7, 11) is -3.27. The number of hydrogen-bond acceptors (Lipinski definition) is 4. The maximum Gasteiger partial charge on any atom is 0.240 e. The summed E-state index contributed by atoms with van der Waals surface area (Å²) in [5.41, 5.74) is 3.77. The average Bonchev–Trinajstić information content (AvgIpc) is 2.37. The van der Waals surface area contributed by atoms with Gasteiger partial charge in [0.15, 0.2) is 9.84 Å². The highest BCUT2D eigenvalue weighted by atomic mass is 32.2. The monoisotopic (exact) mass is 292 g/mol. The minimum absolute atomic E-state index is 0.0189. The van der Waals surface area contributed by atoms with Crippen LogP contribution in [0.2, 0.25) is 0 Å². The van der Waals surface area contributed by atoms with Crippen molar-refractivity contribution in [1.82, 2.24) is 5.43 Å². The number of hydrazone groups is 1. The van der Waals surface area contributed by atoms with E-state index in [0.29, 0.717) is 12.0 Å². The number of rotatable bonds is 3. The predicted octanol–water partition coefficient (Wildman–Crippen LogP) is 1.62. The highest BCUT2D eigenvalue weighted by Gasteiger charge is 2.18. The molecule has 6 heteroatoms. The molecule has 1 unspecified atom stereocenters. The molecule has 1 aliphatic rings. The zero-order valence-electron chi connectivity index (χ0n) is 11.3. The summed E-state index contributed by atoms with van der Waals surface area (Å²) < 4.78 is 23.4. The third-order valence-electron chi connectivity index (χ3n) is 3.06. The molecule has 0 fully saturated rings. The SMILES string of the molecule is CC1CC(=O)NN=C1C=Cc1ccccc1S(C)(=O)=O. The van der Waals surface area contributed by atoms with Gasteiger partial charge >= 0.3 is 0 Å². The topological polar surface area (TPSA) is 75.6 Å². The molecule has 0 bridgehead atoms. The first-order valence-corrected chi connectivity index (χ1v) is 8.10. The molecule has 20 heavy (non-hydrogen) atoms. The Morgan fingerprint density at radius 1 is 1.30 bits per heavy atom. The minimum Gasteiger partial charge on any atom is -0.273 e. The molecule has 2 rings (SSSR count). The summed E-state index contributed by atoms with van der Waals surface area (Å²) in [6.45, 7) is 1.91. The van der Waals surface area contributed by atoms with Crippen molar-refractivity contribution in [3.8, 4) is 0 Å². The third-order valence-corrected chi connectivity index (χ3v) is 4.23. The molecule has 1 amide bonds. The average molecular weight is 292 g/mol. The molecule has 5 nitrogen and oxygen atoms in total. The Morgan fingerprint density at radius 2 is 2.00 bits per heavy atom. The number of amides is 1. The van der Waals surface area contributed by atoms with E-state index in [4.69, 9.17) is 0 Å². The van der Waals surface area contributed by atoms with Crippen LogP contribution in [0.25, 0.3) is 6.08 Å². The summed E-state index contributed by atoms with van der Waals surface area (Å²) in [6.07, 6.45) is 5.02. The molecule has 1 aromatic rings. The van der Waals surface area contributed by atoms with Gasteiger partial charge in [0.2, 0.25) is 5.91 Å². The number of hydrogen-bond donors (Lipinski definition) is 1. The lowest BCUT2D eigenvalue weighted by molar-refractivity contribution is -0.121. The van der Waals surface area contributed by atoms with Gasteiger partial charge < -0.3 is 0 Å². The van der Waals surface area contributed by atoms with E-state index in [0.717, 1.165) is 5.71 Å². The summed E-state index contributed by atoms with van der Waals surface area (Å²) in [5, 5.41) is 3.98. The van der Waals surface area contributed by atoms with Gasteiger partial charge in [0.05, 0.1) is 10.6 Å². The Bertz CT molecular complexity index is 690. The molecule has 0 radical (unpaired) electrons. The van der Waals surface area contributed by atoms with Crippen LogP contribution in [-0.4, -0.2) is 26.3 Å². The van der Waals surface area contributed by atoms with Gasteiger partial charge in [0.1, 0.15) is 0 Å². The summed E-state index contributed by atoms with van der Waals surface area (Å²) in [5.74, 6) is -0.0865. The van der Waals surface area contributed by atoms with Crippen LogP contribution in [-0.2, 0) is 14.6 Å². The fourth-order valence-electron chi connectivity index (χ4n) is 2.00. The first-order chi connectivity index (χ1) is 9.38. The molecule has 1 aliphatic heterocycles. The molecule has 0 spiro atoms. The molecular formula is C14H16N2O3S. The maximum absolute atomic E-state index is 11.7. The number of nitrogens with zero attached hydrogens (tertiary/aromatic N) is 1. The van der Waals surface area contributed by atoms with Crippen LogP contribution in [0, 0.1) is 5.92 Å². The third kappa shape index (κ3) is 3.33. The van der Waals surface area contributed by atoms with E-state index in [1.165, 1.54) is 6.26 Å². The highest BCUT2D eigenvalue weighted by Crippen LogP contribution is 2.18. The Morgan fingerprint density at radius 3 is 2.65 bits per heavy atom. The van der Waals surface area contributed by atoms with Crippen LogP contribution < -0.4 is 5.43 Å². The predicted molar refractivity (Wildman–Crippen MR) is 77.9 cm³/mol. The van der Waals surface area contributed by atoms with E-state index in [1.54, 1.807) is 36.4 Å². The van der Waals surface area contributed by atoms with Gasteiger partial charge in [-0.15, -0.1) is 0 Å². The van der Waals surface area contributed by atoms with Crippen LogP contribution in [0.4, 0.5) is 0 Å². The fraction of sp³-hybridized carbons (Fsp3) is 0.286. The van der Waals surface area contributed by atoms with Gasteiger partial charge in [0.25, 0.3) is 0 Å². The number of sulfone groups is 1. The first-order valence-electron chi connectivity index (χ1n) is 6.21. The second kappa shape index (κ2) is 5.58. The van der Waals surface area contributed by atoms with Crippen molar-refractivity contribution in [2.45, 2.75) is 18.2 Å². The Kier molecular flexibility index (Phi) is 4.04. The molecule has 1 aromatic carbocycles. The lowest BCUT2D eigenvalue weighted by Crippen LogP contribution is -2.30. The van der Waals surface area contributed by atoms with Crippen molar-refractivity contribution in [3.05, 3.63) is 35.9 Å². The molecule has 106 valence electrons. The van der Waals surface area contributed by atoms with Crippen LogP contribution in [0.15, 0.2) is 40.3 Å². The molecule has 0 saturated heterocycles. The molecule has 0 aromatic heterocycles. The van der Waals surface area contributed by atoms with Gasteiger partial charge in [-0.3, -0.25) is 4.79 Å². The van der Waals surface area contributed by atoms with Crippen molar-refractivity contribution in [3.63, 3.8) is 0 Å². The number of benzene rings is 1. The lowest BCUT2D eigenvalue weighted by atomic mass is 9.99. The second-order valence-electron chi connectivity index (χ2n) is 4.82. The second-order valence-corrected chi connectivity index (χ2v) is 6.80. The van der Waals surface area contributed by atoms with E-state index in [-0.39, 0.29) is 16.7 Å². The van der Waals surface area contributed by atoms with Crippen molar-refractivity contribution in [2.75, 3.05) is 6.26 Å². The van der Waals surface area contributed by atoms with E-state index in [2.05, 4.69) is 10.5 Å². The number of nitrogens with one attached hydrogen (secondary N) is 1. The Labute approximate surface area is 118 Å². The van der Waals surface area contributed by atoms with E-state index in [1.807, 2.05) is 6.92 Å². The van der Waals surface area contributed by atoms with Crippen LogP contribution >= 0.6 is 0 Å². The molecular weight excluding hydrogens is 276 g/mol. The smallest absolute Gasteiger partial charge is 0.240 e. The van der Waals surface area contributed by atoms with Crippen molar-refractivity contribution in [1.29, 1.82) is 0 Å². The highest BCUT2D eigenvalue weighted by molar-refractivity contribution is 7.90. The van der Waals surface area contributed by atoms with Crippen molar-refractivity contribution >= 4 is 27.5 Å². The van der Waals surface area contributed by atoms with Gasteiger partial charge in [-0.25, -0.2) is 13.8 Å². The first kappa shape index (κ1) is 14.5. The van der Waals surface area contributed by atoms with Crippen LogP contribution in [0.5, 0.6) is 0 Å². The quantitative estimate of drug-likeness (QED) is 0.919. The number of carbonyl (C=O) groups excluding carboxylic acids is 1. The van der Waals surface area contributed by atoms with Gasteiger partial charge in [-0.05, 0) is 17.7 Å². The van der Waals surface area contributed by atoms with Crippen molar-refractivity contribution in [2.24, 2.45) is 11.0 Å². The number of allylic oxidation sites excluding steroid dienone is 1. The van der Waals surface area contributed by atoms with Gasteiger partial charge in [-0.1, -0.05) is 31.2 Å². The zero-order valence-corrected chi connectivity index (χ0v) is 12.1. The largest absolute Gasteiger partial charge is 0.273 e. The molecule has 1 heterocycles. The molecule has 0 saturated carbocycles. The Hall–Kier alpha value is -1.95. The fourth-order valence-corrected chi connectivity index (χ4v) is 2.89. The minimum atomic E-state index is -3.27. The van der Waals surface area contributed by atoms with E-state index < -0.39 is 9.84 Å².